The van der Waals surface area contributed by atoms with Crippen molar-refractivity contribution >= 4 is 33.2 Å². The highest BCUT2D eigenvalue weighted by Crippen LogP contribution is 2.23. The van der Waals surface area contributed by atoms with Crippen LogP contribution in [-0.4, -0.2) is 5.33 Å². The fourth-order valence-electron chi connectivity index (χ4n) is 1.06. The average molecular weight is 249 g/mol. The molecule has 0 aliphatic rings. The van der Waals surface area contributed by atoms with E-state index in [4.69, 9.17) is 17.3 Å². The van der Waals surface area contributed by atoms with Crippen molar-refractivity contribution in [3.8, 4) is 0 Å². The minimum atomic E-state index is 0.655. The van der Waals surface area contributed by atoms with Crippen molar-refractivity contribution in [1.29, 1.82) is 0 Å². The highest BCUT2D eigenvalue weighted by molar-refractivity contribution is 9.09. The number of aryl methyl sites for hydroxylation is 1. The van der Waals surface area contributed by atoms with Crippen LogP contribution in [0, 0.1) is 0 Å². The summed E-state index contributed by atoms with van der Waals surface area (Å²) in [6.45, 7) is 0. The topological polar surface area (TPSA) is 26.0 Å². The number of rotatable bonds is 3. The summed E-state index contributed by atoms with van der Waals surface area (Å²) in [4.78, 5) is 0. The molecule has 0 atom stereocenters. The molecule has 1 nitrogen and oxygen atoms in total. The Morgan fingerprint density at radius 3 is 2.83 bits per heavy atom. The Hall–Kier alpha value is -0.210. The predicted octanol–water partition coefficient (Wildman–Crippen LogP) is 3.25. The lowest BCUT2D eigenvalue weighted by atomic mass is 10.1. The zero-order valence-electron chi connectivity index (χ0n) is 6.69. The molecule has 0 bridgehead atoms. The van der Waals surface area contributed by atoms with Crippen molar-refractivity contribution in [2.24, 2.45) is 0 Å². The van der Waals surface area contributed by atoms with E-state index >= 15 is 0 Å². The van der Waals surface area contributed by atoms with Crippen LogP contribution in [0.4, 0.5) is 5.69 Å². The molecule has 0 amide bonds. The van der Waals surface area contributed by atoms with Gasteiger partial charge >= 0.3 is 0 Å². The predicted molar refractivity (Wildman–Crippen MR) is 58.0 cm³/mol. The summed E-state index contributed by atoms with van der Waals surface area (Å²) in [6.07, 6.45) is 2.07. The summed E-state index contributed by atoms with van der Waals surface area (Å²) in [5.74, 6) is 0. The summed E-state index contributed by atoms with van der Waals surface area (Å²) in [7, 11) is 0. The van der Waals surface area contributed by atoms with Crippen LogP contribution in [-0.2, 0) is 6.42 Å². The maximum absolute atomic E-state index is 5.86. The molecule has 0 aliphatic heterocycles. The minimum absolute atomic E-state index is 0.655. The van der Waals surface area contributed by atoms with Gasteiger partial charge in [-0.25, -0.2) is 0 Å². The molecule has 0 radical (unpaired) electrons. The molecule has 0 saturated heterocycles. The number of alkyl halides is 1. The molecule has 0 fully saturated rings. The van der Waals surface area contributed by atoms with Crippen LogP contribution < -0.4 is 5.73 Å². The number of nitrogen functional groups attached to an aromatic ring is 1. The van der Waals surface area contributed by atoms with Crippen LogP contribution in [0.2, 0.25) is 5.02 Å². The highest BCUT2D eigenvalue weighted by atomic mass is 79.9. The van der Waals surface area contributed by atoms with E-state index in [0.29, 0.717) is 5.02 Å². The molecule has 66 valence electrons. The lowest BCUT2D eigenvalue weighted by molar-refractivity contribution is 0.942. The summed E-state index contributed by atoms with van der Waals surface area (Å²) in [6, 6.07) is 5.76. The third kappa shape index (κ3) is 2.39. The first kappa shape index (κ1) is 9.87. The second-order valence-corrected chi connectivity index (χ2v) is 3.81. The average Bonchev–Trinajstić information content (AvgIpc) is 2.08. The number of hydrogen-bond acceptors (Lipinski definition) is 1. The van der Waals surface area contributed by atoms with E-state index in [1.54, 1.807) is 0 Å². The van der Waals surface area contributed by atoms with E-state index in [1.807, 2.05) is 18.2 Å². The molecule has 0 aliphatic carbocycles. The zero-order chi connectivity index (χ0) is 8.97. The van der Waals surface area contributed by atoms with Crippen LogP contribution in [0.15, 0.2) is 18.2 Å². The van der Waals surface area contributed by atoms with Gasteiger partial charge in [-0.15, -0.1) is 0 Å². The molecule has 1 aromatic carbocycles. The standard InChI is InChI=1S/C9H11BrClN/c10-6-2-4-7-3-1-5-8(11)9(7)12/h1,3,5H,2,4,6,12H2. The Bertz CT molecular complexity index is 263. The normalized spacial score (nSPS) is 10.2. The summed E-state index contributed by atoms with van der Waals surface area (Å²) >= 11 is 9.23. The van der Waals surface area contributed by atoms with E-state index < -0.39 is 0 Å². The molecule has 0 saturated carbocycles. The van der Waals surface area contributed by atoms with Gasteiger partial charge in [-0.3, -0.25) is 0 Å². The quantitative estimate of drug-likeness (QED) is 0.645. The van der Waals surface area contributed by atoms with E-state index in [2.05, 4.69) is 15.9 Å². The van der Waals surface area contributed by atoms with Gasteiger partial charge < -0.3 is 5.73 Å². The first-order valence-corrected chi connectivity index (χ1v) is 5.34. The summed E-state index contributed by atoms with van der Waals surface area (Å²) in [5, 5.41) is 1.65. The van der Waals surface area contributed by atoms with Gasteiger partial charge in [-0.1, -0.05) is 39.7 Å². The van der Waals surface area contributed by atoms with Crippen LogP contribution in [0.3, 0.4) is 0 Å². The Morgan fingerprint density at radius 1 is 1.42 bits per heavy atom. The first-order valence-electron chi connectivity index (χ1n) is 3.84. The van der Waals surface area contributed by atoms with Crippen molar-refractivity contribution < 1.29 is 0 Å². The summed E-state index contributed by atoms with van der Waals surface area (Å²) in [5.41, 5.74) is 7.64. The van der Waals surface area contributed by atoms with Crippen LogP contribution in [0.25, 0.3) is 0 Å². The van der Waals surface area contributed by atoms with Gasteiger partial charge in [-0.05, 0) is 24.5 Å². The Morgan fingerprint density at radius 2 is 2.17 bits per heavy atom. The van der Waals surface area contributed by atoms with Gasteiger partial charge in [0, 0.05) is 5.33 Å². The maximum atomic E-state index is 5.86. The molecule has 2 N–H and O–H groups in total. The zero-order valence-corrected chi connectivity index (χ0v) is 9.03. The molecular weight excluding hydrogens is 237 g/mol. The largest absolute Gasteiger partial charge is 0.397 e. The van der Waals surface area contributed by atoms with Crippen LogP contribution >= 0.6 is 27.5 Å². The van der Waals surface area contributed by atoms with Crippen molar-refractivity contribution in [1.82, 2.24) is 0 Å². The number of halogens is 2. The second-order valence-electron chi connectivity index (χ2n) is 2.61. The number of para-hydroxylation sites is 1. The minimum Gasteiger partial charge on any atom is -0.397 e. The van der Waals surface area contributed by atoms with Gasteiger partial charge in [0.05, 0.1) is 10.7 Å². The first-order chi connectivity index (χ1) is 5.75. The number of hydrogen-bond donors (Lipinski definition) is 1. The molecule has 0 unspecified atom stereocenters. The number of anilines is 1. The number of benzene rings is 1. The maximum Gasteiger partial charge on any atom is 0.0638 e. The fourth-order valence-corrected chi connectivity index (χ4v) is 1.53. The van der Waals surface area contributed by atoms with Gasteiger partial charge in [-0.2, -0.15) is 0 Å². The fraction of sp³-hybridized carbons (Fsp3) is 0.333. The van der Waals surface area contributed by atoms with Crippen LogP contribution in [0.1, 0.15) is 12.0 Å². The van der Waals surface area contributed by atoms with Gasteiger partial charge in [0.25, 0.3) is 0 Å². The molecule has 1 rings (SSSR count). The lowest BCUT2D eigenvalue weighted by Crippen LogP contribution is -1.95. The van der Waals surface area contributed by atoms with E-state index in [-0.39, 0.29) is 0 Å². The Kier molecular flexibility index (Phi) is 3.89. The Balaban J connectivity index is 2.78. The molecule has 12 heavy (non-hydrogen) atoms. The molecule has 0 heterocycles. The highest BCUT2D eigenvalue weighted by Gasteiger charge is 2.01. The molecular formula is C9H11BrClN. The SMILES string of the molecule is Nc1c(Cl)cccc1CCCBr. The summed E-state index contributed by atoms with van der Waals surface area (Å²) < 4.78 is 0. The van der Waals surface area contributed by atoms with E-state index in [9.17, 15) is 0 Å². The van der Waals surface area contributed by atoms with Crippen molar-refractivity contribution in [3.05, 3.63) is 28.8 Å². The molecule has 0 aromatic heterocycles. The van der Waals surface area contributed by atoms with E-state index in [0.717, 1.165) is 29.4 Å². The van der Waals surface area contributed by atoms with Gasteiger partial charge in [0.2, 0.25) is 0 Å². The molecule has 0 spiro atoms. The van der Waals surface area contributed by atoms with Crippen molar-refractivity contribution in [2.75, 3.05) is 11.1 Å². The van der Waals surface area contributed by atoms with Crippen molar-refractivity contribution in [3.63, 3.8) is 0 Å². The Labute approximate surface area is 86.0 Å². The molecule has 1 aromatic rings. The smallest absolute Gasteiger partial charge is 0.0638 e. The number of nitrogens with two attached hydrogens (primary N) is 1. The third-order valence-corrected chi connectivity index (χ3v) is 2.61. The van der Waals surface area contributed by atoms with Gasteiger partial charge in [0.15, 0.2) is 0 Å². The van der Waals surface area contributed by atoms with Gasteiger partial charge in [0.1, 0.15) is 0 Å². The van der Waals surface area contributed by atoms with E-state index in [1.165, 1.54) is 0 Å². The monoisotopic (exact) mass is 247 g/mol. The second kappa shape index (κ2) is 4.73. The van der Waals surface area contributed by atoms with Crippen LogP contribution in [0.5, 0.6) is 0 Å². The molecule has 3 heteroatoms. The third-order valence-electron chi connectivity index (χ3n) is 1.72. The van der Waals surface area contributed by atoms with Crippen molar-refractivity contribution in [2.45, 2.75) is 12.8 Å². The lowest BCUT2D eigenvalue weighted by Gasteiger charge is -2.05.